The molecule has 0 saturated carbocycles. The number of halogens is 1. The molecule has 0 aliphatic rings. The van der Waals surface area contributed by atoms with E-state index in [2.05, 4.69) is 5.32 Å². The van der Waals surface area contributed by atoms with E-state index in [0.717, 1.165) is 16.9 Å². The molecule has 0 radical (unpaired) electrons. The quantitative estimate of drug-likeness (QED) is 0.870. The summed E-state index contributed by atoms with van der Waals surface area (Å²) in [6, 6.07) is 13.4. The number of aryl methyl sites for hydroxylation is 1. The van der Waals surface area contributed by atoms with Gasteiger partial charge in [-0.1, -0.05) is 30.3 Å². The van der Waals surface area contributed by atoms with Gasteiger partial charge < -0.3 is 10.1 Å². The van der Waals surface area contributed by atoms with Gasteiger partial charge in [0.15, 0.2) is 0 Å². The maximum Gasteiger partial charge on any atom is 0.126 e. The van der Waals surface area contributed by atoms with Crippen molar-refractivity contribution in [2.75, 3.05) is 7.05 Å². The third-order valence-electron chi connectivity index (χ3n) is 3.76. The zero-order valence-corrected chi connectivity index (χ0v) is 13.0. The molecule has 3 heteroatoms. The number of nitrogens with one attached hydrogen (secondary N) is 1. The van der Waals surface area contributed by atoms with Crippen molar-refractivity contribution >= 4 is 0 Å². The van der Waals surface area contributed by atoms with Crippen LogP contribution in [-0.2, 0) is 0 Å². The van der Waals surface area contributed by atoms with E-state index < -0.39 is 0 Å². The molecule has 0 bridgehead atoms. The van der Waals surface area contributed by atoms with Crippen molar-refractivity contribution in [3.8, 4) is 5.75 Å². The van der Waals surface area contributed by atoms with E-state index in [1.807, 2.05) is 51.2 Å². The van der Waals surface area contributed by atoms with Crippen LogP contribution in [0, 0.1) is 12.7 Å². The molecular formula is C18H22FNO. The van der Waals surface area contributed by atoms with Crippen molar-refractivity contribution in [2.24, 2.45) is 0 Å². The minimum atomic E-state index is -0.202. The summed E-state index contributed by atoms with van der Waals surface area (Å²) >= 11 is 0. The van der Waals surface area contributed by atoms with Crippen molar-refractivity contribution < 1.29 is 9.13 Å². The SMILES string of the molecule is CNC(C)c1cc(F)c(C)cc1OC(C)c1ccccc1. The van der Waals surface area contributed by atoms with Crippen molar-refractivity contribution in [3.05, 3.63) is 65.0 Å². The van der Waals surface area contributed by atoms with Gasteiger partial charge in [0.05, 0.1) is 0 Å². The predicted octanol–water partition coefficient (Wildman–Crippen LogP) is 4.55. The summed E-state index contributed by atoms with van der Waals surface area (Å²) < 4.78 is 19.9. The van der Waals surface area contributed by atoms with Crippen LogP contribution in [0.25, 0.3) is 0 Å². The number of rotatable bonds is 5. The second-order valence-electron chi connectivity index (χ2n) is 5.32. The second kappa shape index (κ2) is 6.72. The van der Waals surface area contributed by atoms with E-state index in [4.69, 9.17) is 4.74 Å². The van der Waals surface area contributed by atoms with E-state index in [-0.39, 0.29) is 18.0 Å². The zero-order chi connectivity index (χ0) is 15.4. The molecule has 0 fully saturated rings. The molecule has 1 N–H and O–H groups in total. The van der Waals surface area contributed by atoms with Crippen LogP contribution in [0.3, 0.4) is 0 Å². The molecule has 2 aromatic carbocycles. The van der Waals surface area contributed by atoms with Gasteiger partial charge in [-0.05, 0) is 51.1 Å². The van der Waals surface area contributed by atoms with Gasteiger partial charge in [0, 0.05) is 11.6 Å². The first-order valence-electron chi connectivity index (χ1n) is 7.21. The first-order valence-corrected chi connectivity index (χ1v) is 7.21. The van der Waals surface area contributed by atoms with Gasteiger partial charge >= 0.3 is 0 Å². The fourth-order valence-corrected chi connectivity index (χ4v) is 2.25. The fraction of sp³-hybridized carbons (Fsp3) is 0.333. The van der Waals surface area contributed by atoms with Crippen LogP contribution < -0.4 is 10.1 Å². The Hall–Kier alpha value is -1.87. The van der Waals surface area contributed by atoms with Gasteiger partial charge in [-0.3, -0.25) is 0 Å². The standard InChI is InChI=1S/C18H22FNO/c1-12-10-18(16(11-17(12)19)13(2)20-4)21-14(3)15-8-6-5-7-9-15/h5-11,13-14,20H,1-4H3. The highest BCUT2D eigenvalue weighted by Gasteiger charge is 2.16. The molecule has 0 spiro atoms. The lowest BCUT2D eigenvalue weighted by Gasteiger charge is -2.21. The van der Waals surface area contributed by atoms with Crippen molar-refractivity contribution in [1.82, 2.24) is 5.32 Å². The highest BCUT2D eigenvalue weighted by atomic mass is 19.1. The second-order valence-corrected chi connectivity index (χ2v) is 5.32. The third-order valence-corrected chi connectivity index (χ3v) is 3.76. The van der Waals surface area contributed by atoms with Gasteiger partial charge in [-0.15, -0.1) is 0 Å². The molecule has 0 aromatic heterocycles. The lowest BCUT2D eigenvalue weighted by atomic mass is 10.0. The Kier molecular flexibility index (Phi) is 4.97. The molecule has 2 aromatic rings. The van der Waals surface area contributed by atoms with E-state index in [0.29, 0.717) is 5.56 Å². The van der Waals surface area contributed by atoms with Gasteiger partial charge in [-0.2, -0.15) is 0 Å². The highest BCUT2D eigenvalue weighted by molar-refractivity contribution is 5.40. The summed E-state index contributed by atoms with van der Waals surface area (Å²) in [6.07, 6.45) is -0.0844. The zero-order valence-electron chi connectivity index (χ0n) is 13.0. The van der Waals surface area contributed by atoms with Crippen LogP contribution in [0.2, 0.25) is 0 Å². The minimum Gasteiger partial charge on any atom is -0.486 e. The summed E-state index contributed by atoms with van der Waals surface area (Å²) in [6.45, 7) is 5.75. The average Bonchev–Trinajstić information content (AvgIpc) is 2.50. The van der Waals surface area contributed by atoms with Crippen molar-refractivity contribution in [1.29, 1.82) is 0 Å². The average molecular weight is 287 g/mol. The number of hydrogen-bond donors (Lipinski definition) is 1. The maximum atomic E-state index is 13.8. The monoisotopic (exact) mass is 287 g/mol. The molecule has 2 nitrogen and oxygen atoms in total. The lowest BCUT2D eigenvalue weighted by molar-refractivity contribution is 0.222. The number of ether oxygens (including phenoxy) is 1. The molecule has 2 unspecified atom stereocenters. The molecular weight excluding hydrogens is 265 g/mol. The Labute approximate surface area is 126 Å². The molecule has 0 amide bonds. The first kappa shape index (κ1) is 15.5. The Morgan fingerprint density at radius 3 is 2.38 bits per heavy atom. The Morgan fingerprint density at radius 1 is 1.10 bits per heavy atom. The van der Waals surface area contributed by atoms with Crippen LogP contribution in [-0.4, -0.2) is 7.05 Å². The van der Waals surface area contributed by atoms with Gasteiger partial charge in [0.25, 0.3) is 0 Å². The highest BCUT2D eigenvalue weighted by Crippen LogP contribution is 2.31. The summed E-state index contributed by atoms with van der Waals surface area (Å²) in [5.41, 5.74) is 2.53. The van der Waals surface area contributed by atoms with Crippen LogP contribution in [0.5, 0.6) is 5.75 Å². The van der Waals surface area contributed by atoms with Crippen molar-refractivity contribution in [3.63, 3.8) is 0 Å². The van der Waals surface area contributed by atoms with Gasteiger partial charge in [0.2, 0.25) is 0 Å². The largest absolute Gasteiger partial charge is 0.486 e. The maximum absolute atomic E-state index is 13.8. The van der Waals surface area contributed by atoms with Crippen LogP contribution in [0.4, 0.5) is 4.39 Å². The predicted molar refractivity (Wildman–Crippen MR) is 84.1 cm³/mol. The van der Waals surface area contributed by atoms with E-state index in [9.17, 15) is 4.39 Å². The Bertz CT molecular complexity index is 598. The van der Waals surface area contributed by atoms with Gasteiger partial charge in [0.1, 0.15) is 17.7 Å². The summed E-state index contributed by atoms with van der Waals surface area (Å²) in [5.74, 6) is 0.527. The van der Waals surface area contributed by atoms with Crippen LogP contribution >= 0.6 is 0 Å². The minimum absolute atomic E-state index is 0.0260. The normalized spacial score (nSPS) is 13.8. The summed E-state index contributed by atoms with van der Waals surface area (Å²) in [7, 11) is 1.85. The topological polar surface area (TPSA) is 21.3 Å². The van der Waals surface area contributed by atoms with Crippen molar-refractivity contribution in [2.45, 2.75) is 32.9 Å². The van der Waals surface area contributed by atoms with Crippen LogP contribution in [0.15, 0.2) is 42.5 Å². The van der Waals surface area contributed by atoms with Crippen LogP contribution in [0.1, 0.15) is 42.7 Å². The van der Waals surface area contributed by atoms with E-state index in [1.54, 1.807) is 19.1 Å². The third kappa shape index (κ3) is 3.61. The Balaban J connectivity index is 2.32. The summed E-state index contributed by atoms with van der Waals surface area (Å²) in [4.78, 5) is 0. The molecule has 112 valence electrons. The molecule has 2 rings (SSSR count). The lowest BCUT2D eigenvalue weighted by Crippen LogP contribution is -2.15. The first-order chi connectivity index (χ1) is 10.0. The molecule has 0 aliphatic carbocycles. The fourth-order valence-electron chi connectivity index (χ4n) is 2.25. The molecule has 21 heavy (non-hydrogen) atoms. The number of hydrogen-bond acceptors (Lipinski definition) is 2. The Morgan fingerprint density at radius 2 is 1.76 bits per heavy atom. The molecule has 0 aliphatic heterocycles. The molecule has 0 heterocycles. The molecule has 2 atom stereocenters. The van der Waals surface area contributed by atoms with E-state index >= 15 is 0 Å². The summed E-state index contributed by atoms with van der Waals surface area (Å²) in [5, 5.41) is 3.13. The smallest absolute Gasteiger partial charge is 0.126 e. The molecule has 0 saturated heterocycles. The van der Waals surface area contributed by atoms with E-state index in [1.165, 1.54) is 0 Å². The number of benzene rings is 2. The van der Waals surface area contributed by atoms with Gasteiger partial charge in [-0.25, -0.2) is 4.39 Å².